The molecule has 2 nitrogen and oxygen atoms in total. The maximum absolute atomic E-state index is 12.8. The van der Waals surface area contributed by atoms with Crippen LogP contribution in [-0.4, -0.2) is 11.3 Å². The highest BCUT2D eigenvalue weighted by molar-refractivity contribution is 8.01. The van der Waals surface area contributed by atoms with E-state index in [0.717, 1.165) is 9.24 Å². The van der Waals surface area contributed by atoms with Crippen LogP contribution in [0.2, 0.25) is 0 Å². The van der Waals surface area contributed by atoms with E-state index in [-0.39, 0.29) is 0 Å². The van der Waals surface area contributed by atoms with Crippen molar-refractivity contribution < 1.29 is 9.18 Å². The third-order valence-corrected chi connectivity index (χ3v) is 3.68. The molecule has 0 saturated heterocycles. The van der Waals surface area contributed by atoms with Crippen LogP contribution in [0, 0.1) is 5.82 Å². The molecule has 2 rings (SSSR count). The number of nitrogens with zero attached hydrogens (tertiary/aromatic N) is 1. The molecule has 0 radical (unpaired) electrons. The van der Waals surface area contributed by atoms with Crippen LogP contribution in [0.4, 0.5) is 4.39 Å². The molecule has 0 N–H and O–H groups in total. The van der Waals surface area contributed by atoms with Crippen molar-refractivity contribution in [1.29, 1.82) is 0 Å². The van der Waals surface area contributed by atoms with Crippen molar-refractivity contribution in [2.75, 3.05) is 0 Å². The first-order valence-corrected chi connectivity index (χ1v) is 5.81. The van der Waals surface area contributed by atoms with Gasteiger partial charge in [-0.1, -0.05) is 11.8 Å². The number of hydrogen-bond donors (Lipinski definition) is 0. The summed E-state index contributed by atoms with van der Waals surface area (Å²) in [4.78, 5) is 15.5. The fourth-order valence-electron chi connectivity index (χ4n) is 1.06. The van der Waals surface area contributed by atoms with E-state index >= 15 is 0 Å². The van der Waals surface area contributed by atoms with Crippen LogP contribution in [0.1, 0.15) is 10.4 Å². The molecule has 1 aromatic carbocycles. The highest BCUT2D eigenvalue weighted by Gasteiger charge is 2.06. The molecule has 0 saturated carbocycles. The van der Waals surface area contributed by atoms with E-state index in [4.69, 9.17) is 0 Å². The third-order valence-electron chi connectivity index (χ3n) is 1.71. The number of carbonyl (C=O) groups is 1. The lowest BCUT2D eigenvalue weighted by Crippen LogP contribution is -1.86. The summed E-state index contributed by atoms with van der Waals surface area (Å²) >= 11 is 2.85. The zero-order valence-corrected chi connectivity index (χ0v) is 9.15. The van der Waals surface area contributed by atoms with Crippen LogP contribution >= 0.6 is 23.1 Å². The molecule has 0 atom stereocenters. The summed E-state index contributed by atoms with van der Waals surface area (Å²) in [5.41, 5.74) is 0.357. The highest BCUT2D eigenvalue weighted by atomic mass is 32.2. The maximum Gasteiger partial charge on any atom is 0.154 e. The van der Waals surface area contributed by atoms with Gasteiger partial charge >= 0.3 is 0 Å². The van der Waals surface area contributed by atoms with Crippen LogP contribution in [0.5, 0.6) is 0 Å². The summed E-state index contributed by atoms with van der Waals surface area (Å²) in [5.74, 6) is -0.402. The molecule has 0 aliphatic carbocycles. The smallest absolute Gasteiger partial charge is 0.154 e. The fraction of sp³-hybridized carbons (Fsp3) is 0. The molecule has 2 aromatic rings. The van der Waals surface area contributed by atoms with Gasteiger partial charge in [-0.05, 0) is 18.2 Å². The summed E-state index contributed by atoms with van der Waals surface area (Å²) in [6.45, 7) is 0. The van der Waals surface area contributed by atoms with Crippen LogP contribution in [0.25, 0.3) is 0 Å². The Hall–Kier alpha value is -1.20. The Morgan fingerprint density at radius 1 is 1.47 bits per heavy atom. The molecule has 0 bridgehead atoms. The number of halogens is 1. The molecule has 0 amide bonds. The number of aromatic nitrogens is 1. The minimum atomic E-state index is -0.402. The number of hydrogen-bond acceptors (Lipinski definition) is 4. The zero-order chi connectivity index (χ0) is 10.7. The zero-order valence-electron chi connectivity index (χ0n) is 7.51. The van der Waals surface area contributed by atoms with Crippen LogP contribution in [0.15, 0.2) is 39.0 Å². The third kappa shape index (κ3) is 2.43. The number of carbonyl (C=O) groups excluding carboxylic acids is 1. The van der Waals surface area contributed by atoms with Gasteiger partial charge < -0.3 is 0 Å². The normalized spacial score (nSPS) is 10.2. The van der Waals surface area contributed by atoms with Gasteiger partial charge in [0.15, 0.2) is 10.6 Å². The van der Waals surface area contributed by atoms with Crippen molar-refractivity contribution in [2.45, 2.75) is 9.24 Å². The Morgan fingerprint density at radius 3 is 3.00 bits per heavy atom. The summed E-state index contributed by atoms with van der Waals surface area (Å²) in [5, 5.41) is 1.85. The van der Waals surface area contributed by atoms with E-state index in [1.54, 1.807) is 12.3 Å². The lowest BCUT2D eigenvalue weighted by atomic mass is 10.2. The largest absolute Gasteiger partial charge is 0.298 e. The minimum absolute atomic E-state index is 0.357. The van der Waals surface area contributed by atoms with E-state index in [9.17, 15) is 9.18 Å². The second-order valence-corrected chi connectivity index (χ2v) is 4.88. The first-order valence-electron chi connectivity index (χ1n) is 4.11. The Morgan fingerprint density at radius 2 is 2.33 bits per heavy atom. The minimum Gasteiger partial charge on any atom is -0.298 e. The SMILES string of the molecule is O=Cc1cc(F)ccc1Sc1nccs1. The molecule has 76 valence electrons. The van der Waals surface area contributed by atoms with Gasteiger partial charge in [-0.25, -0.2) is 9.37 Å². The summed E-state index contributed by atoms with van der Waals surface area (Å²) in [7, 11) is 0. The molecule has 15 heavy (non-hydrogen) atoms. The number of aldehydes is 1. The standard InChI is InChI=1S/C10H6FNOS2/c11-8-1-2-9(7(5-8)6-13)15-10-12-3-4-14-10/h1-6H. The summed E-state index contributed by atoms with van der Waals surface area (Å²) < 4.78 is 13.7. The second-order valence-electron chi connectivity index (χ2n) is 2.70. The van der Waals surface area contributed by atoms with Gasteiger partial charge in [0, 0.05) is 22.0 Å². The van der Waals surface area contributed by atoms with Crippen molar-refractivity contribution in [3.8, 4) is 0 Å². The number of rotatable bonds is 3. The topological polar surface area (TPSA) is 30.0 Å². The highest BCUT2D eigenvalue weighted by Crippen LogP contribution is 2.31. The molecule has 0 aliphatic heterocycles. The lowest BCUT2D eigenvalue weighted by molar-refractivity contribution is 0.112. The first-order chi connectivity index (χ1) is 7.29. The van der Waals surface area contributed by atoms with Crippen molar-refractivity contribution in [2.24, 2.45) is 0 Å². The quantitative estimate of drug-likeness (QED) is 0.770. The van der Waals surface area contributed by atoms with E-state index < -0.39 is 5.82 Å². The van der Waals surface area contributed by atoms with Gasteiger partial charge in [0.25, 0.3) is 0 Å². The number of benzene rings is 1. The van der Waals surface area contributed by atoms with Gasteiger partial charge in [0.1, 0.15) is 5.82 Å². The summed E-state index contributed by atoms with van der Waals surface area (Å²) in [6, 6.07) is 4.15. The van der Waals surface area contributed by atoms with E-state index in [1.165, 1.54) is 35.2 Å². The lowest BCUT2D eigenvalue weighted by Gasteiger charge is -2.01. The average molecular weight is 239 g/mol. The number of thiazole rings is 1. The Kier molecular flexibility index (Phi) is 3.13. The first kappa shape index (κ1) is 10.3. The Labute approximate surface area is 94.2 Å². The van der Waals surface area contributed by atoms with Gasteiger partial charge in [0.2, 0.25) is 0 Å². The van der Waals surface area contributed by atoms with Crippen molar-refractivity contribution >= 4 is 29.4 Å². The van der Waals surface area contributed by atoms with Gasteiger partial charge in [-0.15, -0.1) is 11.3 Å². The van der Waals surface area contributed by atoms with E-state index in [1.807, 2.05) is 5.38 Å². The average Bonchev–Trinajstić information content (AvgIpc) is 2.73. The monoisotopic (exact) mass is 239 g/mol. The van der Waals surface area contributed by atoms with Crippen LogP contribution in [0.3, 0.4) is 0 Å². The molecule has 1 aromatic heterocycles. The molecule has 0 aliphatic rings. The fourth-order valence-corrected chi connectivity index (χ4v) is 2.71. The second kappa shape index (κ2) is 4.55. The Balaban J connectivity index is 2.32. The molecule has 1 heterocycles. The molecular formula is C10H6FNOS2. The maximum atomic E-state index is 12.8. The molecule has 0 unspecified atom stereocenters. The van der Waals surface area contributed by atoms with E-state index in [2.05, 4.69) is 4.98 Å². The molecule has 0 spiro atoms. The van der Waals surface area contributed by atoms with Crippen molar-refractivity contribution in [3.63, 3.8) is 0 Å². The van der Waals surface area contributed by atoms with Gasteiger partial charge in [-0.2, -0.15) is 0 Å². The van der Waals surface area contributed by atoms with Gasteiger partial charge in [-0.3, -0.25) is 4.79 Å². The Bertz CT molecular complexity index is 470. The van der Waals surface area contributed by atoms with E-state index in [0.29, 0.717) is 11.8 Å². The molecular weight excluding hydrogens is 233 g/mol. The molecule has 0 fully saturated rings. The van der Waals surface area contributed by atoms with Gasteiger partial charge in [0.05, 0.1) is 0 Å². The molecule has 5 heteroatoms. The van der Waals surface area contributed by atoms with Crippen molar-refractivity contribution in [1.82, 2.24) is 4.98 Å². The van der Waals surface area contributed by atoms with Crippen LogP contribution < -0.4 is 0 Å². The van der Waals surface area contributed by atoms with Crippen molar-refractivity contribution in [3.05, 3.63) is 41.2 Å². The predicted octanol–water partition coefficient (Wildman–Crippen LogP) is 3.25. The predicted molar refractivity (Wildman–Crippen MR) is 58.0 cm³/mol. The summed E-state index contributed by atoms with van der Waals surface area (Å²) in [6.07, 6.45) is 2.34. The van der Waals surface area contributed by atoms with Crippen LogP contribution in [-0.2, 0) is 0 Å².